The average Bonchev–Trinajstić information content (AvgIpc) is 3.60. The normalized spacial score (nSPS) is 15.6. The molecule has 2 saturated heterocycles. The van der Waals surface area contributed by atoms with Crippen molar-refractivity contribution < 1.29 is 19.1 Å². The first-order valence-corrected chi connectivity index (χ1v) is 16.7. The Kier molecular flexibility index (Phi) is 10.1. The van der Waals surface area contributed by atoms with Crippen molar-refractivity contribution in [2.24, 2.45) is 0 Å². The molecule has 3 aromatic carbocycles. The minimum Gasteiger partial charge on any atom is -0.494 e. The monoisotopic (exact) mass is 647 g/mol. The zero-order chi connectivity index (χ0) is 33.7. The van der Waals surface area contributed by atoms with E-state index in [9.17, 15) is 9.59 Å². The summed E-state index contributed by atoms with van der Waals surface area (Å²) in [5, 5.41) is 8.04. The summed E-state index contributed by atoms with van der Waals surface area (Å²) >= 11 is 0. The fraction of sp³-hybridized carbons (Fsp3) is 0.359. The molecule has 0 atom stereocenters. The fourth-order valence-electron chi connectivity index (χ4n) is 6.36. The molecule has 6 rings (SSSR count). The lowest BCUT2D eigenvalue weighted by molar-refractivity contribution is -0.129. The van der Waals surface area contributed by atoms with E-state index in [1.807, 2.05) is 48.7 Å². The highest BCUT2D eigenvalue weighted by Crippen LogP contribution is 2.37. The molecule has 2 aliphatic heterocycles. The van der Waals surface area contributed by atoms with Crippen molar-refractivity contribution in [3.8, 4) is 16.9 Å². The summed E-state index contributed by atoms with van der Waals surface area (Å²) in [5.74, 6) is 0.392. The number of fused-ring (bicyclic) bond motifs is 1. The smallest absolute Gasteiger partial charge is 0.323 e. The SMILES string of the molecule is COc1c(C=CC(=O)N2CCOCC2)cc(C(C)(C)C)cc1NC(=O)Nc1ccc(-c2ccc(CN3CCCC3)nc2)c2ccccc12. The van der Waals surface area contributed by atoms with Gasteiger partial charge in [0.2, 0.25) is 5.91 Å². The molecule has 0 unspecified atom stereocenters. The van der Waals surface area contributed by atoms with E-state index in [4.69, 9.17) is 14.5 Å². The Morgan fingerprint density at radius 3 is 2.33 bits per heavy atom. The molecule has 250 valence electrons. The predicted molar refractivity (Wildman–Crippen MR) is 192 cm³/mol. The fourth-order valence-corrected chi connectivity index (χ4v) is 6.36. The van der Waals surface area contributed by atoms with Gasteiger partial charge in [0.05, 0.1) is 37.4 Å². The molecule has 1 aromatic heterocycles. The van der Waals surface area contributed by atoms with Gasteiger partial charge in [-0.2, -0.15) is 0 Å². The molecule has 9 heteroatoms. The molecule has 3 amide bonds. The summed E-state index contributed by atoms with van der Waals surface area (Å²) in [7, 11) is 1.57. The highest BCUT2D eigenvalue weighted by atomic mass is 16.5. The van der Waals surface area contributed by atoms with Crippen LogP contribution in [0.25, 0.3) is 28.0 Å². The Balaban J connectivity index is 1.24. The first-order chi connectivity index (χ1) is 23.2. The second-order valence-corrected chi connectivity index (χ2v) is 13.5. The van der Waals surface area contributed by atoms with E-state index in [1.54, 1.807) is 24.2 Å². The number of amides is 3. The largest absolute Gasteiger partial charge is 0.494 e. The van der Waals surface area contributed by atoms with Gasteiger partial charge in [0.1, 0.15) is 5.75 Å². The molecule has 4 aromatic rings. The van der Waals surface area contributed by atoms with Gasteiger partial charge < -0.3 is 25.0 Å². The Morgan fingerprint density at radius 1 is 0.917 bits per heavy atom. The number of hydrogen-bond donors (Lipinski definition) is 2. The van der Waals surface area contributed by atoms with Crippen molar-refractivity contribution in [1.29, 1.82) is 0 Å². The molecule has 2 fully saturated rings. The van der Waals surface area contributed by atoms with E-state index in [-0.39, 0.29) is 11.3 Å². The topological polar surface area (TPSA) is 96.0 Å². The van der Waals surface area contributed by atoms with Crippen LogP contribution >= 0.6 is 0 Å². The Labute approximate surface area is 282 Å². The molecule has 0 bridgehead atoms. The molecule has 0 saturated carbocycles. The third-order valence-electron chi connectivity index (χ3n) is 9.06. The van der Waals surface area contributed by atoms with Crippen LogP contribution in [0.2, 0.25) is 0 Å². The van der Waals surface area contributed by atoms with E-state index in [0.717, 1.165) is 52.8 Å². The van der Waals surface area contributed by atoms with Gasteiger partial charge in [-0.25, -0.2) is 4.79 Å². The van der Waals surface area contributed by atoms with E-state index in [0.29, 0.717) is 49.0 Å². The van der Waals surface area contributed by atoms with Crippen molar-refractivity contribution in [3.05, 3.63) is 89.8 Å². The van der Waals surface area contributed by atoms with Gasteiger partial charge in [-0.3, -0.25) is 14.7 Å². The summed E-state index contributed by atoms with van der Waals surface area (Å²) in [4.78, 5) is 35.5. The third kappa shape index (κ3) is 7.69. The van der Waals surface area contributed by atoms with E-state index in [2.05, 4.69) is 54.5 Å². The van der Waals surface area contributed by atoms with Crippen LogP contribution < -0.4 is 15.4 Å². The average molecular weight is 648 g/mol. The minimum atomic E-state index is -0.399. The number of ether oxygens (including phenoxy) is 2. The van der Waals surface area contributed by atoms with Gasteiger partial charge in [0.25, 0.3) is 0 Å². The van der Waals surface area contributed by atoms with Crippen molar-refractivity contribution in [2.45, 2.75) is 45.6 Å². The molecule has 9 nitrogen and oxygen atoms in total. The Bertz CT molecular complexity index is 1800. The predicted octanol–water partition coefficient (Wildman–Crippen LogP) is 7.32. The third-order valence-corrected chi connectivity index (χ3v) is 9.06. The lowest BCUT2D eigenvalue weighted by atomic mass is 9.85. The second kappa shape index (κ2) is 14.6. The van der Waals surface area contributed by atoms with Crippen LogP contribution in [0.15, 0.2) is 72.9 Å². The van der Waals surface area contributed by atoms with Crippen LogP contribution in [0.4, 0.5) is 16.2 Å². The number of pyridine rings is 1. The summed E-state index contributed by atoms with van der Waals surface area (Å²) in [5.41, 5.74) is 5.85. The number of benzene rings is 3. The van der Waals surface area contributed by atoms with Crippen LogP contribution in [-0.2, 0) is 21.5 Å². The molecule has 2 N–H and O–H groups in total. The van der Waals surface area contributed by atoms with Crippen LogP contribution in [0.1, 0.15) is 50.4 Å². The van der Waals surface area contributed by atoms with Crippen molar-refractivity contribution in [3.63, 3.8) is 0 Å². The molecule has 0 spiro atoms. The number of aromatic nitrogens is 1. The number of likely N-dealkylation sites (tertiary alicyclic amines) is 1. The van der Waals surface area contributed by atoms with Crippen LogP contribution in [0, 0.1) is 0 Å². The quantitative estimate of drug-likeness (QED) is 0.195. The maximum atomic E-state index is 13.6. The van der Waals surface area contributed by atoms with Crippen LogP contribution in [-0.4, -0.2) is 73.2 Å². The molecular weight excluding hydrogens is 602 g/mol. The summed E-state index contributed by atoms with van der Waals surface area (Å²) in [6, 6.07) is 19.8. The number of rotatable bonds is 8. The Hall–Kier alpha value is -4.73. The van der Waals surface area contributed by atoms with Gasteiger partial charge in [-0.05, 0) is 78.2 Å². The van der Waals surface area contributed by atoms with Gasteiger partial charge >= 0.3 is 6.03 Å². The van der Waals surface area contributed by atoms with Gasteiger partial charge in [-0.15, -0.1) is 0 Å². The number of carbonyl (C=O) groups excluding carboxylic acids is 2. The molecule has 3 heterocycles. The summed E-state index contributed by atoms with van der Waals surface area (Å²) in [6.07, 6.45) is 7.78. The Morgan fingerprint density at radius 2 is 1.65 bits per heavy atom. The first kappa shape index (κ1) is 33.2. The van der Waals surface area contributed by atoms with Crippen molar-refractivity contribution in [2.75, 3.05) is 57.1 Å². The van der Waals surface area contributed by atoms with Crippen molar-refractivity contribution in [1.82, 2.24) is 14.8 Å². The lowest BCUT2D eigenvalue weighted by Crippen LogP contribution is -2.39. The molecule has 2 aliphatic rings. The van der Waals surface area contributed by atoms with Gasteiger partial charge in [0, 0.05) is 48.4 Å². The maximum Gasteiger partial charge on any atom is 0.323 e. The van der Waals surface area contributed by atoms with Crippen molar-refractivity contribution >= 4 is 40.2 Å². The van der Waals surface area contributed by atoms with E-state index >= 15 is 0 Å². The number of methoxy groups -OCH3 is 1. The zero-order valence-electron chi connectivity index (χ0n) is 28.3. The van der Waals surface area contributed by atoms with E-state index < -0.39 is 6.03 Å². The summed E-state index contributed by atoms with van der Waals surface area (Å²) in [6.45, 7) is 11.7. The zero-order valence-corrected chi connectivity index (χ0v) is 28.3. The van der Waals surface area contributed by atoms with Crippen LogP contribution in [0.5, 0.6) is 5.75 Å². The standard InChI is InChI=1S/C39H45N5O4/c1-39(2,3)29-23-27(12-16-36(45)44-19-21-48-22-20-44)37(47-4)35(24-29)42-38(46)41-34-15-14-31(32-9-5-6-10-33(32)34)28-11-13-30(40-25-28)26-43-17-7-8-18-43/h5-6,9-16,23-25H,7-8,17-22,26H2,1-4H3,(H2,41,42,46). The number of anilines is 2. The van der Waals surface area contributed by atoms with Gasteiger partial charge in [-0.1, -0.05) is 57.2 Å². The lowest BCUT2D eigenvalue weighted by Gasteiger charge is -2.25. The molecule has 48 heavy (non-hydrogen) atoms. The number of nitrogens with one attached hydrogen (secondary N) is 2. The number of morpholine rings is 1. The number of urea groups is 1. The number of hydrogen-bond acceptors (Lipinski definition) is 6. The number of carbonyl (C=O) groups is 2. The highest BCUT2D eigenvalue weighted by molar-refractivity contribution is 6.10. The first-order valence-electron chi connectivity index (χ1n) is 16.7. The molecule has 0 radical (unpaired) electrons. The van der Waals surface area contributed by atoms with E-state index in [1.165, 1.54) is 12.8 Å². The molecule has 0 aliphatic carbocycles. The highest BCUT2D eigenvalue weighted by Gasteiger charge is 2.21. The maximum absolute atomic E-state index is 13.6. The second-order valence-electron chi connectivity index (χ2n) is 13.5. The molecular formula is C39H45N5O4. The minimum absolute atomic E-state index is 0.0853. The summed E-state index contributed by atoms with van der Waals surface area (Å²) < 4.78 is 11.2. The van der Waals surface area contributed by atoms with Gasteiger partial charge in [0.15, 0.2) is 0 Å². The number of nitrogens with zero attached hydrogens (tertiary/aromatic N) is 3. The van der Waals surface area contributed by atoms with Crippen LogP contribution in [0.3, 0.4) is 0 Å².